The summed E-state index contributed by atoms with van der Waals surface area (Å²) in [7, 11) is 3.23. The number of amides is 1. The van der Waals surface area contributed by atoms with Crippen LogP contribution in [0.3, 0.4) is 0 Å². The van der Waals surface area contributed by atoms with Crippen molar-refractivity contribution in [3.05, 3.63) is 71.3 Å². The molecule has 1 saturated heterocycles. The molecule has 0 saturated carbocycles. The number of hydrogen-bond donors (Lipinski definition) is 1. The number of carbonyl (C=O) groups is 1. The van der Waals surface area contributed by atoms with Crippen molar-refractivity contribution < 1.29 is 23.7 Å². The van der Waals surface area contributed by atoms with Gasteiger partial charge in [-0.2, -0.15) is 4.98 Å². The standard InChI is InChI=1S/C27H31N3O5.2C2H6/c1-19-5-4-6-22(15-19)28-27(31)21-17-25(30-10-13-34-14-11-30)29-26(18-21)35-12-9-20-7-8-23(32-2)24(16-20)33-3;2*1-2/h4-8,15-18H,9-14H2,1-3H3,(H,28,31);2*1-2H3. The van der Waals surface area contributed by atoms with Crippen molar-refractivity contribution in [2.24, 2.45) is 0 Å². The van der Waals surface area contributed by atoms with Gasteiger partial charge in [0.1, 0.15) is 5.82 Å². The first-order valence-corrected chi connectivity index (χ1v) is 13.6. The van der Waals surface area contributed by atoms with E-state index in [1.165, 1.54) is 0 Å². The maximum Gasteiger partial charge on any atom is 0.255 e. The second kappa shape index (κ2) is 16.9. The van der Waals surface area contributed by atoms with Gasteiger partial charge in [0.2, 0.25) is 5.88 Å². The van der Waals surface area contributed by atoms with Crippen LogP contribution in [0.2, 0.25) is 0 Å². The van der Waals surface area contributed by atoms with Crippen LogP contribution in [0.25, 0.3) is 0 Å². The number of morpholine rings is 1. The van der Waals surface area contributed by atoms with Gasteiger partial charge in [-0.3, -0.25) is 4.79 Å². The lowest BCUT2D eigenvalue weighted by molar-refractivity contribution is 0.102. The molecule has 8 nitrogen and oxygen atoms in total. The normalized spacial score (nSPS) is 12.2. The lowest BCUT2D eigenvalue weighted by atomic mass is 10.1. The summed E-state index contributed by atoms with van der Waals surface area (Å²) >= 11 is 0. The Balaban J connectivity index is 0.00000127. The van der Waals surface area contributed by atoms with Gasteiger partial charge < -0.3 is 29.2 Å². The highest BCUT2D eigenvalue weighted by Crippen LogP contribution is 2.28. The second-order valence-electron chi connectivity index (χ2n) is 8.26. The third-order valence-electron chi connectivity index (χ3n) is 5.75. The first-order chi connectivity index (χ1) is 19.1. The van der Waals surface area contributed by atoms with Crippen LogP contribution < -0.4 is 24.4 Å². The van der Waals surface area contributed by atoms with Gasteiger partial charge in [0.25, 0.3) is 5.91 Å². The summed E-state index contributed by atoms with van der Waals surface area (Å²) in [5, 5.41) is 2.97. The first-order valence-electron chi connectivity index (χ1n) is 13.6. The zero-order chi connectivity index (χ0) is 28.6. The molecule has 212 valence electrons. The number of methoxy groups -OCH3 is 2. The zero-order valence-corrected chi connectivity index (χ0v) is 24.4. The molecule has 1 aliphatic heterocycles. The topological polar surface area (TPSA) is 82.2 Å². The van der Waals surface area contributed by atoms with E-state index in [9.17, 15) is 4.79 Å². The monoisotopic (exact) mass is 537 g/mol. The molecule has 0 radical (unpaired) electrons. The molecular formula is C31H43N3O5. The minimum absolute atomic E-state index is 0.211. The summed E-state index contributed by atoms with van der Waals surface area (Å²) in [5.41, 5.74) is 3.36. The molecule has 2 heterocycles. The second-order valence-corrected chi connectivity index (χ2v) is 8.26. The number of benzene rings is 2. The van der Waals surface area contributed by atoms with Gasteiger partial charge in [0.15, 0.2) is 11.5 Å². The quantitative estimate of drug-likeness (QED) is 0.350. The van der Waals surface area contributed by atoms with Crippen LogP contribution in [-0.2, 0) is 11.2 Å². The van der Waals surface area contributed by atoms with Crippen molar-refractivity contribution >= 4 is 17.4 Å². The molecule has 1 fully saturated rings. The lowest BCUT2D eigenvalue weighted by Crippen LogP contribution is -2.37. The number of aryl methyl sites for hydroxylation is 1. The van der Waals surface area contributed by atoms with Crippen molar-refractivity contribution in [3.63, 3.8) is 0 Å². The van der Waals surface area contributed by atoms with Gasteiger partial charge in [-0.1, -0.05) is 45.9 Å². The minimum atomic E-state index is -0.211. The Kier molecular flexibility index (Phi) is 13.7. The highest BCUT2D eigenvalue weighted by Gasteiger charge is 2.18. The summed E-state index contributed by atoms with van der Waals surface area (Å²) in [4.78, 5) is 19.9. The molecule has 0 aliphatic carbocycles. The smallest absolute Gasteiger partial charge is 0.255 e. The van der Waals surface area contributed by atoms with E-state index in [-0.39, 0.29) is 5.91 Å². The number of anilines is 2. The van der Waals surface area contributed by atoms with Crippen LogP contribution in [0.5, 0.6) is 17.4 Å². The molecule has 2 aromatic carbocycles. The van der Waals surface area contributed by atoms with Crippen LogP contribution in [0, 0.1) is 6.92 Å². The molecule has 0 spiro atoms. The molecule has 1 N–H and O–H groups in total. The fourth-order valence-electron chi connectivity index (χ4n) is 3.89. The maximum atomic E-state index is 13.1. The van der Waals surface area contributed by atoms with E-state index in [1.807, 2.05) is 77.1 Å². The summed E-state index contributed by atoms with van der Waals surface area (Å²) in [6, 6.07) is 17.0. The van der Waals surface area contributed by atoms with Crippen LogP contribution in [0.1, 0.15) is 49.2 Å². The minimum Gasteiger partial charge on any atom is -0.493 e. The fourth-order valence-corrected chi connectivity index (χ4v) is 3.89. The van der Waals surface area contributed by atoms with Gasteiger partial charge in [-0.15, -0.1) is 0 Å². The maximum absolute atomic E-state index is 13.1. The summed E-state index contributed by atoms with van der Waals surface area (Å²) < 4.78 is 22.2. The predicted molar refractivity (Wildman–Crippen MR) is 158 cm³/mol. The molecule has 8 heteroatoms. The third kappa shape index (κ3) is 9.48. The number of carbonyl (C=O) groups excluding carboxylic acids is 1. The van der Waals surface area contributed by atoms with Gasteiger partial charge in [0.05, 0.1) is 34.0 Å². The average Bonchev–Trinajstić information content (AvgIpc) is 2.99. The fraction of sp³-hybridized carbons (Fsp3) is 0.419. The SMILES string of the molecule is CC.CC.COc1ccc(CCOc2cc(C(=O)Nc3cccc(C)c3)cc(N3CCOCC3)n2)cc1OC. The Morgan fingerprint density at radius 2 is 1.67 bits per heavy atom. The van der Waals surface area contributed by atoms with Crippen LogP contribution in [-0.4, -0.2) is 58.0 Å². The number of pyridine rings is 1. The van der Waals surface area contributed by atoms with Crippen LogP contribution in [0.15, 0.2) is 54.6 Å². The molecule has 0 atom stereocenters. The number of aromatic nitrogens is 1. The molecule has 4 rings (SSSR count). The van der Waals surface area contributed by atoms with Crippen molar-refractivity contribution in [1.29, 1.82) is 0 Å². The average molecular weight is 538 g/mol. The highest BCUT2D eigenvalue weighted by molar-refractivity contribution is 6.05. The highest BCUT2D eigenvalue weighted by atomic mass is 16.5. The van der Waals surface area contributed by atoms with E-state index in [4.69, 9.17) is 18.9 Å². The van der Waals surface area contributed by atoms with E-state index in [2.05, 4.69) is 15.2 Å². The number of ether oxygens (including phenoxy) is 4. The molecule has 1 aliphatic rings. The molecule has 1 amide bonds. The molecular weight excluding hydrogens is 494 g/mol. The van der Waals surface area contributed by atoms with Crippen LogP contribution in [0.4, 0.5) is 11.5 Å². The largest absolute Gasteiger partial charge is 0.493 e. The Morgan fingerprint density at radius 1 is 0.949 bits per heavy atom. The molecule has 39 heavy (non-hydrogen) atoms. The molecule has 0 unspecified atom stereocenters. The number of nitrogens with one attached hydrogen (secondary N) is 1. The third-order valence-corrected chi connectivity index (χ3v) is 5.75. The number of rotatable bonds is 9. The first kappa shape index (κ1) is 31.4. The van der Waals surface area contributed by atoms with Gasteiger partial charge in [-0.05, 0) is 48.4 Å². The van der Waals surface area contributed by atoms with E-state index in [0.29, 0.717) is 68.1 Å². The van der Waals surface area contributed by atoms with Crippen molar-refractivity contribution in [3.8, 4) is 17.4 Å². The van der Waals surface area contributed by atoms with Crippen molar-refractivity contribution in [1.82, 2.24) is 4.98 Å². The summed E-state index contributed by atoms with van der Waals surface area (Å²) in [6.45, 7) is 13.0. The van der Waals surface area contributed by atoms with E-state index >= 15 is 0 Å². The molecule has 1 aromatic heterocycles. The number of hydrogen-bond acceptors (Lipinski definition) is 7. The van der Waals surface area contributed by atoms with E-state index in [0.717, 1.165) is 16.8 Å². The molecule has 0 bridgehead atoms. The zero-order valence-electron chi connectivity index (χ0n) is 24.4. The van der Waals surface area contributed by atoms with Crippen molar-refractivity contribution in [2.45, 2.75) is 41.0 Å². The van der Waals surface area contributed by atoms with Gasteiger partial charge in [-0.25, -0.2) is 0 Å². The van der Waals surface area contributed by atoms with E-state index < -0.39 is 0 Å². The van der Waals surface area contributed by atoms with Crippen molar-refractivity contribution in [2.75, 3.05) is 57.3 Å². The predicted octanol–water partition coefficient (Wildman–Crippen LogP) is 6.17. The van der Waals surface area contributed by atoms with Crippen LogP contribution >= 0.6 is 0 Å². The summed E-state index contributed by atoms with van der Waals surface area (Å²) in [6.07, 6.45) is 0.647. The molecule has 3 aromatic rings. The Hall–Kier alpha value is -3.78. The Labute approximate surface area is 233 Å². The van der Waals surface area contributed by atoms with Gasteiger partial charge >= 0.3 is 0 Å². The van der Waals surface area contributed by atoms with Gasteiger partial charge in [0, 0.05) is 36.8 Å². The summed E-state index contributed by atoms with van der Waals surface area (Å²) in [5.74, 6) is 2.25. The Morgan fingerprint density at radius 3 is 2.33 bits per heavy atom. The Bertz CT molecular complexity index is 1160. The number of nitrogens with zero attached hydrogens (tertiary/aromatic N) is 2. The van der Waals surface area contributed by atoms with E-state index in [1.54, 1.807) is 26.4 Å². The lowest BCUT2D eigenvalue weighted by Gasteiger charge is -2.28.